The largest absolute Gasteiger partial charge is 0.506 e. The third-order valence-corrected chi connectivity index (χ3v) is 9.72. The van der Waals surface area contributed by atoms with Crippen molar-refractivity contribution in [1.29, 1.82) is 0 Å². The summed E-state index contributed by atoms with van der Waals surface area (Å²) in [4.78, 5) is 25.5. The van der Waals surface area contributed by atoms with Crippen molar-refractivity contribution < 1.29 is 9.84 Å². The number of rotatable bonds is 4. The molecular formula is C31H28Cl6N4O4. The van der Waals surface area contributed by atoms with Gasteiger partial charge in [-0.3, -0.25) is 19.0 Å². The molecule has 6 rings (SSSR count). The molecule has 8 nitrogen and oxygen atoms in total. The molecule has 2 aromatic carbocycles. The zero-order valence-electron chi connectivity index (χ0n) is 23.9. The fraction of sp³-hybridized carbons (Fsp3) is 0.355. The number of terminal acetylenes is 1. The van der Waals surface area contributed by atoms with Gasteiger partial charge in [-0.2, -0.15) is 0 Å². The fourth-order valence-corrected chi connectivity index (χ4v) is 7.27. The van der Waals surface area contributed by atoms with Crippen molar-refractivity contribution in [1.82, 2.24) is 18.7 Å². The molecule has 0 fully saturated rings. The Balaban J connectivity index is 0.000000179. The van der Waals surface area contributed by atoms with E-state index in [4.69, 9.17) is 80.8 Å². The number of fused-ring (bicyclic) bond motifs is 2. The second kappa shape index (κ2) is 14.4. The molecule has 0 spiro atoms. The van der Waals surface area contributed by atoms with Crippen molar-refractivity contribution in [2.24, 2.45) is 0 Å². The van der Waals surface area contributed by atoms with Crippen LogP contribution in [0.4, 0.5) is 0 Å². The molecule has 0 amide bonds. The Hall–Kier alpha value is -2.64. The van der Waals surface area contributed by atoms with Crippen LogP contribution in [0.2, 0.25) is 30.4 Å². The van der Waals surface area contributed by atoms with Gasteiger partial charge in [-0.25, -0.2) is 9.36 Å². The molecule has 1 N–H and O–H groups in total. The summed E-state index contributed by atoms with van der Waals surface area (Å²) in [7, 11) is 0. The maximum atomic E-state index is 12.8. The van der Waals surface area contributed by atoms with Gasteiger partial charge in [-0.1, -0.05) is 75.5 Å². The van der Waals surface area contributed by atoms with Crippen molar-refractivity contribution >= 4 is 69.6 Å². The Bertz CT molecular complexity index is 1920. The topological polar surface area (TPSA) is 83.3 Å². The predicted molar refractivity (Wildman–Crippen MR) is 182 cm³/mol. The molecule has 0 saturated heterocycles. The molecule has 0 aliphatic carbocycles. The van der Waals surface area contributed by atoms with Crippen molar-refractivity contribution in [2.45, 2.75) is 64.7 Å². The highest BCUT2D eigenvalue weighted by atomic mass is 35.5. The van der Waals surface area contributed by atoms with Gasteiger partial charge >= 0.3 is 0 Å². The van der Waals surface area contributed by atoms with Crippen LogP contribution in [0, 0.1) is 12.3 Å². The maximum Gasteiger partial charge on any atom is 0.276 e. The monoisotopic (exact) mass is 730 g/mol. The van der Waals surface area contributed by atoms with Crippen LogP contribution in [-0.2, 0) is 26.2 Å². The number of nitrogens with zero attached hydrogens (tertiary/aromatic N) is 4. The van der Waals surface area contributed by atoms with E-state index in [0.29, 0.717) is 74.5 Å². The normalized spacial score (nSPS) is 14.3. The number of halogens is 6. The number of aromatic nitrogens is 4. The average molecular weight is 733 g/mol. The van der Waals surface area contributed by atoms with Crippen molar-refractivity contribution in [3.05, 3.63) is 75.4 Å². The minimum atomic E-state index is -0.189. The van der Waals surface area contributed by atoms with Crippen LogP contribution in [0.15, 0.2) is 33.9 Å². The molecule has 14 heteroatoms. The van der Waals surface area contributed by atoms with Crippen LogP contribution in [-0.4, -0.2) is 30.4 Å². The zero-order valence-corrected chi connectivity index (χ0v) is 28.4. The minimum Gasteiger partial charge on any atom is -0.506 e. The highest BCUT2D eigenvalue weighted by Crippen LogP contribution is 2.40. The van der Waals surface area contributed by atoms with Crippen LogP contribution in [0.3, 0.4) is 0 Å². The molecule has 4 aromatic rings. The van der Waals surface area contributed by atoms with Gasteiger partial charge in [0.1, 0.15) is 28.4 Å². The smallest absolute Gasteiger partial charge is 0.276 e. The third kappa shape index (κ3) is 6.76. The van der Waals surface area contributed by atoms with Gasteiger partial charge < -0.3 is 9.84 Å². The van der Waals surface area contributed by atoms with E-state index in [1.807, 2.05) is 4.68 Å². The summed E-state index contributed by atoms with van der Waals surface area (Å²) in [6.45, 7) is 2.75. The van der Waals surface area contributed by atoms with E-state index in [9.17, 15) is 14.7 Å². The Morgan fingerprint density at radius 1 is 0.644 bits per heavy atom. The number of phenolic OH excluding ortho intramolecular Hbond substituents is 1. The second-order valence-corrected chi connectivity index (χ2v) is 12.9. The average Bonchev–Trinajstić information content (AvgIpc) is 3.24. The van der Waals surface area contributed by atoms with Crippen molar-refractivity contribution in [3.8, 4) is 46.1 Å². The standard InChI is InChI=1S/C17H15Cl3N2O2.C14H13Cl3N2O2/c1-2-8-24-14-9-11(12(18)10-13(14)19)15-16(20)21-6-4-3-5-7-22(21)17(15)23;15-9-7-10(16)11(20)6-8(9)12-13(17)18-4-2-1-3-5-19(18)14(12)21/h1,9-10H,3-8H2;6-7,20H,1-5H2. The molecule has 0 saturated carbocycles. The molecule has 2 aliphatic heterocycles. The Morgan fingerprint density at radius 3 is 1.58 bits per heavy atom. The maximum absolute atomic E-state index is 12.8. The molecule has 0 unspecified atom stereocenters. The molecule has 238 valence electrons. The molecule has 45 heavy (non-hydrogen) atoms. The lowest BCUT2D eigenvalue weighted by Gasteiger charge is -2.09. The van der Waals surface area contributed by atoms with Gasteiger partial charge in [0.25, 0.3) is 11.1 Å². The first-order chi connectivity index (χ1) is 21.5. The molecule has 0 radical (unpaired) electrons. The van der Waals surface area contributed by atoms with Crippen molar-refractivity contribution in [3.63, 3.8) is 0 Å². The molecule has 0 atom stereocenters. The van der Waals surface area contributed by atoms with E-state index in [2.05, 4.69) is 5.92 Å². The van der Waals surface area contributed by atoms with Gasteiger partial charge in [0.15, 0.2) is 0 Å². The first kappa shape index (κ1) is 33.7. The summed E-state index contributed by atoms with van der Waals surface area (Å²) in [5, 5.41) is 11.6. The minimum absolute atomic E-state index is 0.0692. The molecule has 2 aliphatic rings. The number of aromatic hydroxyl groups is 1. The van der Waals surface area contributed by atoms with Crippen LogP contribution < -0.4 is 15.9 Å². The fourth-order valence-electron chi connectivity index (χ4n) is 5.54. The van der Waals surface area contributed by atoms with E-state index >= 15 is 0 Å². The summed E-state index contributed by atoms with van der Waals surface area (Å²) in [6.07, 6.45) is 11.2. The number of phenols is 1. The first-order valence-electron chi connectivity index (χ1n) is 14.3. The second-order valence-electron chi connectivity index (χ2n) is 10.6. The summed E-state index contributed by atoms with van der Waals surface area (Å²) < 4.78 is 12.3. The van der Waals surface area contributed by atoms with Gasteiger partial charge in [-0.15, -0.1) is 6.42 Å². The Labute approximate surface area is 289 Å². The van der Waals surface area contributed by atoms with Gasteiger partial charge in [-0.05, 0) is 62.8 Å². The first-order valence-corrected chi connectivity index (χ1v) is 16.5. The summed E-state index contributed by atoms with van der Waals surface area (Å²) in [6, 6.07) is 5.95. The van der Waals surface area contributed by atoms with E-state index in [1.165, 1.54) is 18.2 Å². The van der Waals surface area contributed by atoms with E-state index in [-0.39, 0.29) is 33.5 Å². The highest BCUT2D eigenvalue weighted by molar-refractivity contribution is 6.39. The summed E-state index contributed by atoms with van der Waals surface area (Å²) in [5.41, 5.74) is 1.23. The van der Waals surface area contributed by atoms with Crippen LogP contribution in [0.5, 0.6) is 11.5 Å². The van der Waals surface area contributed by atoms with Crippen LogP contribution >= 0.6 is 69.6 Å². The summed E-state index contributed by atoms with van der Waals surface area (Å²) >= 11 is 37.3. The van der Waals surface area contributed by atoms with Gasteiger partial charge in [0.05, 0.1) is 31.2 Å². The number of hydrogen-bond donors (Lipinski definition) is 1. The van der Waals surface area contributed by atoms with E-state index in [0.717, 1.165) is 38.5 Å². The van der Waals surface area contributed by atoms with Gasteiger partial charge in [0, 0.05) is 37.3 Å². The third-order valence-electron chi connectivity index (χ3n) is 7.73. The Morgan fingerprint density at radius 2 is 1.09 bits per heavy atom. The van der Waals surface area contributed by atoms with E-state index in [1.54, 1.807) is 20.1 Å². The summed E-state index contributed by atoms with van der Waals surface area (Å²) in [5.74, 6) is 2.62. The Kier molecular flexibility index (Phi) is 10.8. The number of hydrogen-bond acceptors (Lipinski definition) is 4. The molecule has 4 heterocycles. The highest BCUT2D eigenvalue weighted by Gasteiger charge is 2.25. The SMILES string of the molecule is C#CCOc1cc(-c2c(Cl)n3n(c2=O)CCCCC3)c(Cl)cc1Cl.O=c1c(-c2cc(O)c(Cl)cc2Cl)c(Cl)n2n1CCCCC2. The predicted octanol–water partition coefficient (Wildman–Crippen LogP) is 8.64. The van der Waals surface area contributed by atoms with E-state index < -0.39 is 0 Å². The van der Waals surface area contributed by atoms with Gasteiger partial charge in [0.2, 0.25) is 0 Å². The lowest BCUT2D eigenvalue weighted by molar-refractivity contribution is 0.371. The lowest BCUT2D eigenvalue weighted by atomic mass is 10.1. The molecular weight excluding hydrogens is 705 g/mol. The van der Waals surface area contributed by atoms with Crippen molar-refractivity contribution in [2.75, 3.05) is 6.61 Å². The quantitative estimate of drug-likeness (QED) is 0.213. The number of benzene rings is 2. The lowest BCUT2D eigenvalue weighted by Crippen LogP contribution is -2.22. The zero-order chi connectivity index (χ0) is 32.4. The number of ether oxygens (including phenoxy) is 1. The molecule has 0 bridgehead atoms. The molecule has 2 aromatic heterocycles. The van der Waals surface area contributed by atoms with Crippen LogP contribution in [0.1, 0.15) is 38.5 Å². The van der Waals surface area contributed by atoms with Crippen LogP contribution in [0.25, 0.3) is 22.3 Å².